The Bertz CT molecular complexity index is 1490. The van der Waals surface area contributed by atoms with E-state index in [1.54, 1.807) is 66.3 Å². The quantitative estimate of drug-likeness (QED) is 0.247. The van der Waals surface area contributed by atoms with Crippen LogP contribution in [0, 0.1) is 11.3 Å². The number of carboxylic acid groups (broad SMARTS) is 1. The topological polar surface area (TPSA) is 105 Å². The lowest BCUT2D eigenvalue weighted by atomic mass is 9.72. The molecule has 1 aliphatic rings. The van der Waals surface area contributed by atoms with Gasteiger partial charge in [0.15, 0.2) is 0 Å². The molecule has 5 rings (SSSR count). The Balaban J connectivity index is 1.43. The molecule has 0 aliphatic heterocycles. The van der Waals surface area contributed by atoms with E-state index >= 15 is 0 Å². The highest BCUT2D eigenvalue weighted by Gasteiger charge is 2.33. The first kappa shape index (κ1) is 25.7. The number of nitrogens with one attached hydrogen (secondary N) is 1. The van der Waals surface area contributed by atoms with Crippen molar-refractivity contribution < 1.29 is 23.5 Å². The molecule has 2 N–H and O–H groups in total. The van der Waals surface area contributed by atoms with Gasteiger partial charge in [0.25, 0.3) is 5.91 Å². The van der Waals surface area contributed by atoms with Crippen LogP contribution in [0.15, 0.2) is 68.6 Å². The molecule has 0 fully saturated rings. The maximum atomic E-state index is 13.4. The van der Waals surface area contributed by atoms with E-state index in [1.807, 2.05) is 6.07 Å². The Labute approximate surface area is 225 Å². The first-order chi connectivity index (χ1) is 18.2. The van der Waals surface area contributed by atoms with Crippen molar-refractivity contribution in [1.29, 1.82) is 0 Å². The van der Waals surface area contributed by atoms with Crippen molar-refractivity contribution >= 4 is 34.4 Å². The van der Waals surface area contributed by atoms with Crippen LogP contribution in [0.5, 0.6) is 0 Å². The standard InChI is InChI=1S/C30H30N2O5S/c1-30(2,3)20-9-11-23-25(15-20)38-28(26(23)27(33)31-16-21-8-5-13-36-21)32-17-22-10-12-24(37-22)18-6-4-7-19(14-18)29(34)35/h4-8,10,12-14,17,20H,9,11,15-16H2,1-3H3,(H,31,33)(H,34,35)/t20-/m0/s1. The molecule has 4 aromatic rings. The predicted molar refractivity (Wildman–Crippen MR) is 148 cm³/mol. The van der Waals surface area contributed by atoms with Gasteiger partial charge in [0, 0.05) is 10.4 Å². The number of hydrogen-bond donors (Lipinski definition) is 2. The number of carbonyl (C=O) groups is 2. The van der Waals surface area contributed by atoms with Gasteiger partial charge in [0.05, 0.1) is 30.1 Å². The molecular formula is C30H30N2O5S. The number of nitrogens with zero attached hydrogens (tertiary/aromatic N) is 1. The highest BCUT2D eigenvalue weighted by Crippen LogP contribution is 2.45. The molecule has 196 valence electrons. The molecule has 0 spiro atoms. The number of benzene rings is 1. The lowest BCUT2D eigenvalue weighted by Gasteiger charge is -2.33. The zero-order chi connectivity index (χ0) is 26.9. The molecule has 1 aromatic carbocycles. The maximum Gasteiger partial charge on any atom is 0.335 e. The molecule has 0 saturated heterocycles. The van der Waals surface area contributed by atoms with Crippen LogP contribution in [0.1, 0.15) is 69.9 Å². The molecule has 0 radical (unpaired) electrons. The zero-order valence-electron chi connectivity index (χ0n) is 21.6. The van der Waals surface area contributed by atoms with Crippen LogP contribution < -0.4 is 5.32 Å². The van der Waals surface area contributed by atoms with Gasteiger partial charge in [0.2, 0.25) is 0 Å². The van der Waals surface area contributed by atoms with Gasteiger partial charge in [-0.1, -0.05) is 32.9 Å². The monoisotopic (exact) mass is 530 g/mol. The molecule has 1 amide bonds. The van der Waals surface area contributed by atoms with Crippen molar-refractivity contribution in [2.24, 2.45) is 16.3 Å². The molecule has 7 nitrogen and oxygen atoms in total. The highest BCUT2D eigenvalue weighted by molar-refractivity contribution is 7.16. The number of carbonyl (C=O) groups excluding carboxylic acids is 1. The summed E-state index contributed by atoms with van der Waals surface area (Å²) >= 11 is 1.57. The summed E-state index contributed by atoms with van der Waals surface area (Å²) in [6.45, 7) is 7.12. The number of thiophene rings is 1. The first-order valence-corrected chi connectivity index (χ1v) is 13.4. The van der Waals surface area contributed by atoms with E-state index in [0.29, 0.717) is 45.9 Å². The van der Waals surface area contributed by atoms with Crippen LogP contribution in [-0.4, -0.2) is 23.2 Å². The minimum atomic E-state index is -0.992. The predicted octanol–water partition coefficient (Wildman–Crippen LogP) is 7.13. The molecule has 1 atom stereocenters. The summed E-state index contributed by atoms with van der Waals surface area (Å²) in [5.41, 5.74) is 2.76. The minimum Gasteiger partial charge on any atom is -0.478 e. The summed E-state index contributed by atoms with van der Waals surface area (Å²) < 4.78 is 11.3. The second-order valence-corrected chi connectivity index (χ2v) is 11.7. The average molecular weight is 531 g/mol. The van der Waals surface area contributed by atoms with Crippen LogP contribution in [0.25, 0.3) is 11.3 Å². The molecule has 0 unspecified atom stereocenters. The van der Waals surface area contributed by atoms with Gasteiger partial charge in [-0.2, -0.15) is 0 Å². The summed E-state index contributed by atoms with van der Waals surface area (Å²) in [7, 11) is 0. The molecule has 0 bridgehead atoms. The molecule has 8 heteroatoms. The van der Waals surface area contributed by atoms with Gasteiger partial charge in [-0.3, -0.25) is 4.79 Å². The first-order valence-electron chi connectivity index (χ1n) is 12.6. The van der Waals surface area contributed by atoms with E-state index < -0.39 is 5.97 Å². The smallest absolute Gasteiger partial charge is 0.335 e. The highest BCUT2D eigenvalue weighted by atomic mass is 32.1. The average Bonchev–Trinajstić information content (AvgIpc) is 3.65. The van der Waals surface area contributed by atoms with Gasteiger partial charge in [-0.05, 0) is 72.6 Å². The van der Waals surface area contributed by atoms with Crippen LogP contribution >= 0.6 is 11.3 Å². The number of hydrogen-bond acceptors (Lipinski definition) is 6. The van der Waals surface area contributed by atoms with Crippen molar-refractivity contribution in [3.05, 3.63) is 87.9 Å². The number of amides is 1. The Morgan fingerprint density at radius 2 is 2.03 bits per heavy atom. The molecule has 1 aliphatic carbocycles. The van der Waals surface area contributed by atoms with E-state index in [2.05, 4.69) is 26.1 Å². The Kier molecular flexibility index (Phi) is 7.08. The fourth-order valence-corrected chi connectivity index (χ4v) is 6.08. The third-order valence-electron chi connectivity index (χ3n) is 7.03. The maximum absolute atomic E-state index is 13.4. The van der Waals surface area contributed by atoms with Crippen molar-refractivity contribution in [1.82, 2.24) is 5.32 Å². The summed E-state index contributed by atoms with van der Waals surface area (Å²) in [6, 6.07) is 13.8. The van der Waals surface area contributed by atoms with Gasteiger partial charge >= 0.3 is 5.97 Å². The fourth-order valence-electron chi connectivity index (χ4n) is 4.81. The third-order valence-corrected chi connectivity index (χ3v) is 8.19. The molecule has 0 saturated carbocycles. The van der Waals surface area contributed by atoms with Gasteiger partial charge < -0.3 is 19.3 Å². The molecule has 38 heavy (non-hydrogen) atoms. The number of furan rings is 2. The number of aromatic carboxylic acids is 1. The van der Waals surface area contributed by atoms with E-state index in [4.69, 9.17) is 13.8 Å². The largest absolute Gasteiger partial charge is 0.478 e. The molecule has 3 aromatic heterocycles. The number of rotatable bonds is 7. The van der Waals surface area contributed by atoms with E-state index in [1.165, 1.54) is 4.88 Å². The van der Waals surface area contributed by atoms with E-state index in [9.17, 15) is 14.7 Å². The van der Waals surface area contributed by atoms with Crippen molar-refractivity contribution in [2.45, 2.75) is 46.6 Å². The number of fused-ring (bicyclic) bond motifs is 1. The van der Waals surface area contributed by atoms with E-state index in [-0.39, 0.29) is 16.9 Å². The lowest BCUT2D eigenvalue weighted by molar-refractivity contribution is 0.0696. The fraction of sp³-hybridized carbons (Fsp3) is 0.300. The Hall–Kier alpha value is -3.91. The second-order valence-electron chi connectivity index (χ2n) is 10.6. The SMILES string of the molecule is CC(C)(C)[C@H]1CCc2c(sc(N=Cc3ccc(-c4cccc(C(=O)O)c4)o3)c2C(=O)NCc2ccco2)C1. The van der Waals surface area contributed by atoms with Gasteiger partial charge in [-0.25, -0.2) is 9.79 Å². The van der Waals surface area contributed by atoms with Crippen LogP contribution in [-0.2, 0) is 19.4 Å². The minimum absolute atomic E-state index is 0.161. The van der Waals surface area contributed by atoms with Crippen LogP contribution in [0.3, 0.4) is 0 Å². The summed E-state index contributed by atoms with van der Waals surface area (Å²) in [4.78, 5) is 30.6. The summed E-state index contributed by atoms with van der Waals surface area (Å²) in [5.74, 6) is 1.14. The Morgan fingerprint density at radius 1 is 1.18 bits per heavy atom. The second kappa shape index (κ2) is 10.5. The van der Waals surface area contributed by atoms with E-state index in [0.717, 1.165) is 24.8 Å². The normalized spacial score (nSPS) is 15.5. The lowest BCUT2D eigenvalue weighted by Crippen LogP contribution is -2.28. The summed E-state index contributed by atoms with van der Waals surface area (Å²) in [6.07, 6.45) is 6.02. The number of aliphatic imine (C=N–C) groups is 1. The van der Waals surface area contributed by atoms with Crippen molar-refractivity contribution in [3.63, 3.8) is 0 Å². The van der Waals surface area contributed by atoms with Crippen molar-refractivity contribution in [2.75, 3.05) is 0 Å². The summed E-state index contributed by atoms with van der Waals surface area (Å²) in [5, 5.41) is 12.9. The van der Waals surface area contributed by atoms with Crippen molar-refractivity contribution in [3.8, 4) is 11.3 Å². The van der Waals surface area contributed by atoms with Gasteiger partial charge in [0.1, 0.15) is 22.3 Å². The molecular weight excluding hydrogens is 500 g/mol. The Morgan fingerprint density at radius 3 is 2.76 bits per heavy atom. The number of carboxylic acids is 1. The molecule has 3 heterocycles. The van der Waals surface area contributed by atoms with Crippen LogP contribution in [0.2, 0.25) is 0 Å². The van der Waals surface area contributed by atoms with Gasteiger partial charge in [-0.15, -0.1) is 11.3 Å². The zero-order valence-corrected chi connectivity index (χ0v) is 22.4. The van der Waals surface area contributed by atoms with Crippen LogP contribution in [0.4, 0.5) is 5.00 Å². The third kappa shape index (κ3) is 5.50.